The first-order valence-electron chi connectivity index (χ1n) is 9.47. The summed E-state index contributed by atoms with van der Waals surface area (Å²) in [5.41, 5.74) is 3.63. The molecule has 4 rings (SSSR count). The van der Waals surface area contributed by atoms with Crippen LogP contribution in [0.4, 0.5) is 0 Å². The topological polar surface area (TPSA) is 66.7 Å². The van der Waals surface area contributed by atoms with E-state index >= 15 is 0 Å². The van der Waals surface area contributed by atoms with Gasteiger partial charge in [0.1, 0.15) is 4.88 Å². The molecule has 1 fully saturated rings. The number of hydrogen-bond acceptors (Lipinski definition) is 5. The normalized spacial score (nSPS) is 15.5. The number of carbonyl (C=O) groups excluding carboxylic acids is 1. The minimum atomic E-state index is -0.212. The van der Waals surface area contributed by atoms with E-state index in [1.165, 1.54) is 36.7 Å². The number of hydrogen-bond donors (Lipinski definition) is 1. The highest BCUT2D eigenvalue weighted by molar-refractivity contribution is 7.18. The van der Waals surface area contributed by atoms with E-state index in [1.807, 2.05) is 26.0 Å². The number of likely N-dealkylation sites (tertiary alicyclic amines) is 1. The van der Waals surface area contributed by atoms with Gasteiger partial charge >= 0.3 is 0 Å². The lowest BCUT2D eigenvalue weighted by atomic mass is 10.1. The fraction of sp³-hybridized carbons (Fsp3) is 0.450. The molecule has 0 spiro atoms. The molecule has 1 aliphatic heterocycles. The molecule has 0 unspecified atom stereocenters. The molecule has 0 atom stereocenters. The number of aromatic nitrogens is 2. The standard InChI is InChI=1S/C20H24N4O2S/c1-13-10-15-16(11-14(13)2)24-18(25)12-17(27-20(24)22-15)19(26)21-6-9-23-7-4-3-5-8-23/h10-12H,3-9H2,1-2H3,(H,21,26). The number of rotatable bonds is 4. The molecule has 142 valence electrons. The highest BCUT2D eigenvalue weighted by Crippen LogP contribution is 2.22. The van der Waals surface area contributed by atoms with Crippen LogP contribution in [0, 0.1) is 13.8 Å². The van der Waals surface area contributed by atoms with Crippen LogP contribution in [0.5, 0.6) is 0 Å². The lowest BCUT2D eigenvalue weighted by Gasteiger charge is -2.26. The summed E-state index contributed by atoms with van der Waals surface area (Å²) >= 11 is 1.26. The number of imidazole rings is 1. The maximum Gasteiger partial charge on any atom is 0.261 e. The Kier molecular flexibility index (Phi) is 4.97. The fourth-order valence-corrected chi connectivity index (χ4v) is 4.55. The minimum Gasteiger partial charge on any atom is -0.350 e. The van der Waals surface area contributed by atoms with Crippen LogP contribution < -0.4 is 10.9 Å². The van der Waals surface area contributed by atoms with Gasteiger partial charge in [-0.05, 0) is 63.0 Å². The van der Waals surface area contributed by atoms with Crippen LogP contribution in [0.3, 0.4) is 0 Å². The third kappa shape index (κ3) is 3.61. The summed E-state index contributed by atoms with van der Waals surface area (Å²) in [5, 5.41) is 2.94. The van der Waals surface area contributed by atoms with Crippen molar-refractivity contribution in [2.24, 2.45) is 0 Å². The number of fused-ring (bicyclic) bond motifs is 3. The van der Waals surface area contributed by atoms with Crippen LogP contribution in [0.1, 0.15) is 40.1 Å². The highest BCUT2D eigenvalue weighted by Gasteiger charge is 2.15. The van der Waals surface area contributed by atoms with Crippen LogP contribution in [-0.2, 0) is 0 Å². The number of nitrogens with one attached hydrogen (secondary N) is 1. The average Bonchev–Trinajstić information content (AvgIpc) is 3.00. The van der Waals surface area contributed by atoms with Gasteiger partial charge in [-0.25, -0.2) is 4.98 Å². The molecule has 1 aliphatic rings. The van der Waals surface area contributed by atoms with Gasteiger partial charge in [0.05, 0.1) is 11.0 Å². The van der Waals surface area contributed by atoms with E-state index in [4.69, 9.17) is 0 Å². The quantitative estimate of drug-likeness (QED) is 0.751. The second kappa shape index (κ2) is 7.40. The average molecular weight is 385 g/mol. The van der Waals surface area contributed by atoms with Gasteiger partial charge in [-0.1, -0.05) is 17.8 Å². The van der Waals surface area contributed by atoms with Crippen molar-refractivity contribution in [2.75, 3.05) is 26.2 Å². The lowest BCUT2D eigenvalue weighted by Crippen LogP contribution is -2.37. The molecule has 3 heterocycles. The zero-order valence-corrected chi connectivity index (χ0v) is 16.6. The molecule has 0 bridgehead atoms. The van der Waals surface area contributed by atoms with E-state index in [0.717, 1.165) is 41.8 Å². The molecule has 7 heteroatoms. The molecular weight excluding hydrogens is 360 g/mol. The van der Waals surface area contributed by atoms with Gasteiger partial charge < -0.3 is 10.2 Å². The Morgan fingerprint density at radius 3 is 2.67 bits per heavy atom. The zero-order chi connectivity index (χ0) is 19.0. The van der Waals surface area contributed by atoms with E-state index in [1.54, 1.807) is 4.40 Å². The SMILES string of the molecule is Cc1cc2nc3sc(C(=O)NCCN4CCCCC4)cc(=O)n3c2cc1C. The van der Waals surface area contributed by atoms with Gasteiger partial charge in [0.2, 0.25) is 0 Å². The monoisotopic (exact) mass is 384 g/mol. The van der Waals surface area contributed by atoms with Gasteiger partial charge in [0.15, 0.2) is 4.96 Å². The van der Waals surface area contributed by atoms with E-state index in [9.17, 15) is 9.59 Å². The summed E-state index contributed by atoms with van der Waals surface area (Å²) < 4.78 is 1.59. The van der Waals surface area contributed by atoms with Crippen LogP contribution in [-0.4, -0.2) is 46.4 Å². The molecule has 3 aromatic rings. The Morgan fingerprint density at radius 1 is 1.15 bits per heavy atom. The molecule has 2 aromatic heterocycles. The van der Waals surface area contributed by atoms with Crippen molar-refractivity contribution in [3.05, 3.63) is 44.6 Å². The molecule has 0 radical (unpaired) electrons. The number of benzene rings is 1. The third-order valence-corrected chi connectivity index (χ3v) is 6.28. The van der Waals surface area contributed by atoms with Gasteiger partial charge in [-0.2, -0.15) is 0 Å². The fourth-order valence-electron chi connectivity index (χ4n) is 3.61. The number of aryl methyl sites for hydroxylation is 2. The molecular formula is C20H24N4O2S. The van der Waals surface area contributed by atoms with Crippen molar-refractivity contribution in [1.29, 1.82) is 0 Å². The van der Waals surface area contributed by atoms with Gasteiger partial charge in [-0.3, -0.25) is 14.0 Å². The van der Waals surface area contributed by atoms with Crippen molar-refractivity contribution in [2.45, 2.75) is 33.1 Å². The Balaban J connectivity index is 1.56. The van der Waals surface area contributed by atoms with Gasteiger partial charge in [0, 0.05) is 19.2 Å². The Labute approximate surface area is 161 Å². The van der Waals surface area contributed by atoms with E-state index < -0.39 is 0 Å². The largest absolute Gasteiger partial charge is 0.350 e. The van der Waals surface area contributed by atoms with Gasteiger partial charge in [0.25, 0.3) is 11.5 Å². The molecule has 1 N–H and O–H groups in total. The summed E-state index contributed by atoms with van der Waals surface area (Å²) in [4.78, 5) is 33.1. The number of piperidine rings is 1. The van der Waals surface area contributed by atoms with Crippen molar-refractivity contribution in [3.63, 3.8) is 0 Å². The molecule has 27 heavy (non-hydrogen) atoms. The Bertz CT molecular complexity index is 1060. The predicted molar refractivity (Wildman–Crippen MR) is 109 cm³/mol. The van der Waals surface area contributed by atoms with E-state index in [0.29, 0.717) is 16.4 Å². The Morgan fingerprint density at radius 2 is 1.89 bits per heavy atom. The summed E-state index contributed by atoms with van der Waals surface area (Å²) in [6.45, 7) is 7.71. The summed E-state index contributed by atoms with van der Waals surface area (Å²) in [7, 11) is 0. The van der Waals surface area contributed by atoms with Crippen molar-refractivity contribution in [3.8, 4) is 0 Å². The van der Waals surface area contributed by atoms with Gasteiger partial charge in [-0.15, -0.1) is 0 Å². The van der Waals surface area contributed by atoms with E-state index in [2.05, 4.69) is 15.2 Å². The zero-order valence-electron chi connectivity index (χ0n) is 15.7. The Hall–Kier alpha value is -2.25. The number of nitrogens with zero attached hydrogens (tertiary/aromatic N) is 3. The minimum absolute atomic E-state index is 0.198. The maximum atomic E-state index is 12.6. The van der Waals surface area contributed by atoms with E-state index in [-0.39, 0.29) is 11.5 Å². The van der Waals surface area contributed by atoms with Crippen LogP contribution >= 0.6 is 11.3 Å². The molecule has 6 nitrogen and oxygen atoms in total. The van der Waals surface area contributed by atoms with Crippen LogP contribution in [0.15, 0.2) is 23.0 Å². The summed E-state index contributed by atoms with van der Waals surface area (Å²) in [5.74, 6) is -0.198. The first-order chi connectivity index (χ1) is 13.0. The summed E-state index contributed by atoms with van der Waals surface area (Å²) in [6.07, 6.45) is 3.77. The van der Waals surface area contributed by atoms with Crippen LogP contribution in [0.2, 0.25) is 0 Å². The first kappa shape index (κ1) is 18.1. The second-order valence-corrected chi connectivity index (χ2v) is 8.27. The molecule has 0 saturated carbocycles. The molecule has 1 saturated heterocycles. The smallest absolute Gasteiger partial charge is 0.261 e. The third-order valence-electron chi connectivity index (χ3n) is 5.30. The molecule has 1 amide bonds. The highest BCUT2D eigenvalue weighted by atomic mass is 32.1. The first-order valence-corrected chi connectivity index (χ1v) is 10.3. The second-order valence-electron chi connectivity index (χ2n) is 7.26. The van der Waals surface area contributed by atoms with Crippen molar-refractivity contribution in [1.82, 2.24) is 19.6 Å². The van der Waals surface area contributed by atoms with Crippen LogP contribution in [0.25, 0.3) is 16.0 Å². The molecule has 0 aliphatic carbocycles. The number of amides is 1. The number of carbonyl (C=O) groups is 1. The predicted octanol–water partition coefficient (Wildman–Crippen LogP) is 2.74. The lowest BCUT2D eigenvalue weighted by molar-refractivity contribution is 0.0950. The summed E-state index contributed by atoms with van der Waals surface area (Å²) in [6, 6.07) is 5.39. The maximum absolute atomic E-state index is 12.6. The van der Waals surface area contributed by atoms with Crippen molar-refractivity contribution >= 4 is 33.2 Å². The molecule has 1 aromatic carbocycles. The van der Waals surface area contributed by atoms with Crippen molar-refractivity contribution < 1.29 is 4.79 Å².